The molecule has 7 heteroatoms. The Hall–Kier alpha value is -2.41. The molecule has 1 aliphatic heterocycles. The lowest BCUT2D eigenvalue weighted by atomic mass is 9.99. The van der Waals surface area contributed by atoms with Crippen molar-refractivity contribution in [1.29, 1.82) is 0 Å². The number of likely N-dealkylation sites (tertiary alicyclic amines) is 1. The van der Waals surface area contributed by atoms with Crippen LogP contribution in [0.1, 0.15) is 23.7 Å². The van der Waals surface area contributed by atoms with Gasteiger partial charge in [-0.25, -0.2) is 0 Å². The van der Waals surface area contributed by atoms with E-state index >= 15 is 0 Å². The number of aromatic amines is 1. The second kappa shape index (κ2) is 7.23. The number of nitrogens with two attached hydrogens (primary N) is 1. The number of hydrogen-bond acceptors (Lipinski definition) is 5. The lowest BCUT2D eigenvalue weighted by molar-refractivity contribution is -0.122. The zero-order chi connectivity index (χ0) is 16.1. The number of nitrogens with one attached hydrogen (secondary N) is 2. The highest BCUT2D eigenvalue weighted by Gasteiger charge is 2.24. The normalized spacial score (nSPS) is 18.2. The van der Waals surface area contributed by atoms with Gasteiger partial charge >= 0.3 is 0 Å². The number of H-pyrrole nitrogens is 1. The third-order valence-electron chi connectivity index (χ3n) is 4.14. The Morgan fingerprint density at radius 1 is 1.39 bits per heavy atom. The van der Waals surface area contributed by atoms with Crippen molar-refractivity contribution in [1.82, 2.24) is 25.4 Å². The van der Waals surface area contributed by atoms with Crippen molar-refractivity contribution in [3.63, 3.8) is 0 Å². The van der Waals surface area contributed by atoms with Crippen LogP contribution in [0.15, 0.2) is 30.3 Å². The summed E-state index contributed by atoms with van der Waals surface area (Å²) in [4.78, 5) is 18.2. The molecule has 1 amide bonds. The third kappa shape index (κ3) is 4.29. The number of amides is 1. The number of carbonyl (C=O) groups excluding carboxylic acids is 1. The topological polar surface area (TPSA) is 99.9 Å². The maximum atomic E-state index is 12.0. The third-order valence-corrected chi connectivity index (χ3v) is 4.14. The molecule has 2 heterocycles. The molecule has 2 aromatic rings. The molecule has 0 spiro atoms. The summed E-state index contributed by atoms with van der Waals surface area (Å²) in [5.41, 5.74) is 6.79. The maximum Gasteiger partial charge on any atom is 0.239 e. The van der Waals surface area contributed by atoms with E-state index in [1.807, 2.05) is 6.07 Å². The maximum absolute atomic E-state index is 12.0. The first kappa shape index (κ1) is 15.5. The largest absolute Gasteiger partial charge is 0.367 e. The predicted molar refractivity (Wildman–Crippen MR) is 87.7 cm³/mol. The van der Waals surface area contributed by atoms with Crippen LogP contribution < -0.4 is 11.1 Å². The highest BCUT2D eigenvalue weighted by Crippen LogP contribution is 2.26. The van der Waals surface area contributed by atoms with Crippen LogP contribution in [0, 0.1) is 0 Å². The van der Waals surface area contributed by atoms with E-state index in [-0.39, 0.29) is 11.9 Å². The van der Waals surface area contributed by atoms with Crippen LogP contribution in [-0.2, 0) is 11.2 Å². The molecule has 122 valence electrons. The first-order valence-electron chi connectivity index (χ1n) is 7.91. The number of carbonyl (C=O) groups is 1. The SMILES string of the molecule is Nc1n[nH]c(CCNC(=O)CN2CCC(c3ccccc3)C2)n1. The van der Waals surface area contributed by atoms with Crippen molar-refractivity contribution in [2.75, 3.05) is 31.9 Å². The molecule has 1 saturated heterocycles. The van der Waals surface area contributed by atoms with Crippen molar-refractivity contribution in [3.8, 4) is 0 Å². The van der Waals surface area contributed by atoms with Crippen molar-refractivity contribution < 1.29 is 4.79 Å². The summed E-state index contributed by atoms with van der Waals surface area (Å²) in [5.74, 6) is 1.50. The number of hydrogen-bond donors (Lipinski definition) is 3. The summed E-state index contributed by atoms with van der Waals surface area (Å²) in [6.45, 7) is 2.88. The van der Waals surface area contributed by atoms with Gasteiger partial charge in [0.2, 0.25) is 11.9 Å². The van der Waals surface area contributed by atoms with Gasteiger partial charge in [-0.15, -0.1) is 5.10 Å². The first-order valence-corrected chi connectivity index (χ1v) is 7.91. The summed E-state index contributed by atoms with van der Waals surface area (Å²) in [6.07, 6.45) is 1.71. The standard InChI is InChI=1S/C16H22N6O/c17-16-19-14(20-21-16)6-8-18-15(23)11-22-9-7-13(10-22)12-4-2-1-3-5-12/h1-5,13H,6-11H2,(H,18,23)(H3,17,19,20,21). The molecule has 0 bridgehead atoms. The van der Waals surface area contributed by atoms with E-state index in [2.05, 4.69) is 49.7 Å². The van der Waals surface area contributed by atoms with E-state index in [4.69, 9.17) is 5.73 Å². The second-order valence-corrected chi connectivity index (χ2v) is 5.87. The van der Waals surface area contributed by atoms with Gasteiger partial charge in [-0.1, -0.05) is 30.3 Å². The summed E-state index contributed by atoms with van der Waals surface area (Å²) < 4.78 is 0. The minimum absolute atomic E-state index is 0.0474. The Balaban J connectivity index is 1.39. The van der Waals surface area contributed by atoms with Gasteiger partial charge in [0.15, 0.2) is 0 Å². The van der Waals surface area contributed by atoms with Crippen LogP contribution in [-0.4, -0.2) is 52.2 Å². The molecule has 7 nitrogen and oxygen atoms in total. The highest BCUT2D eigenvalue weighted by molar-refractivity contribution is 5.78. The van der Waals surface area contributed by atoms with Crippen molar-refractivity contribution in [3.05, 3.63) is 41.7 Å². The molecule has 1 fully saturated rings. The Labute approximate surface area is 135 Å². The van der Waals surface area contributed by atoms with Crippen molar-refractivity contribution in [2.45, 2.75) is 18.8 Å². The van der Waals surface area contributed by atoms with Gasteiger partial charge < -0.3 is 11.1 Å². The first-order chi connectivity index (χ1) is 11.2. The van der Waals surface area contributed by atoms with E-state index < -0.39 is 0 Å². The van der Waals surface area contributed by atoms with Crippen LogP contribution >= 0.6 is 0 Å². The summed E-state index contributed by atoms with van der Waals surface area (Å²) in [5, 5.41) is 9.40. The van der Waals surface area contributed by atoms with Gasteiger partial charge in [-0.2, -0.15) is 4.98 Å². The zero-order valence-electron chi connectivity index (χ0n) is 13.0. The fraction of sp³-hybridized carbons (Fsp3) is 0.438. The molecule has 1 aromatic carbocycles. The molecular formula is C16H22N6O. The van der Waals surface area contributed by atoms with E-state index in [0.717, 1.165) is 19.5 Å². The van der Waals surface area contributed by atoms with Gasteiger partial charge in [0, 0.05) is 19.5 Å². The fourth-order valence-corrected chi connectivity index (χ4v) is 2.97. The summed E-state index contributed by atoms with van der Waals surface area (Å²) in [7, 11) is 0. The monoisotopic (exact) mass is 314 g/mol. The second-order valence-electron chi connectivity index (χ2n) is 5.87. The van der Waals surface area contributed by atoms with Gasteiger partial charge in [0.1, 0.15) is 5.82 Å². The van der Waals surface area contributed by atoms with E-state index in [1.54, 1.807) is 0 Å². The van der Waals surface area contributed by atoms with Gasteiger partial charge in [-0.05, 0) is 24.4 Å². The minimum atomic E-state index is 0.0474. The number of nitrogen functional groups attached to an aromatic ring is 1. The van der Waals surface area contributed by atoms with Crippen molar-refractivity contribution >= 4 is 11.9 Å². The molecule has 0 radical (unpaired) electrons. The van der Waals surface area contributed by atoms with E-state index in [9.17, 15) is 4.79 Å². The van der Waals surface area contributed by atoms with Gasteiger partial charge in [-0.3, -0.25) is 14.8 Å². The number of benzene rings is 1. The highest BCUT2D eigenvalue weighted by atomic mass is 16.2. The number of rotatable bonds is 6. The molecule has 0 saturated carbocycles. The minimum Gasteiger partial charge on any atom is -0.367 e. The average Bonchev–Trinajstić information content (AvgIpc) is 3.17. The average molecular weight is 314 g/mol. The Bertz CT molecular complexity index is 641. The van der Waals surface area contributed by atoms with Gasteiger partial charge in [0.05, 0.1) is 6.54 Å². The van der Waals surface area contributed by atoms with Crippen LogP contribution in [0.4, 0.5) is 5.95 Å². The summed E-state index contributed by atoms with van der Waals surface area (Å²) >= 11 is 0. The van der Waals surface area contributed by atoms with Gasteiger partial charge in [0.25, 0.3) is 0 Å². The molecule has 4 N–H and O–H groups in total. The number of anilines is 1. The quantitative estimate of drug-likeness (QED) is 0.722. The molecule has 1 aromatic heterocycles. The number of nitrogens with zero attached hydrogens (tertiary/aromatic N) is 3. The van der Waals surface area contributed by atoms with E-state index in [1.165, 1.54) is 5.56 Å². The molecule has 23 heavy (non-hydrogen) atoms. The smallest absolute Gasteiger partial charge is 0.239 e. The number of aromatic nitrogens is 3. The lowest BCUT2D eigenvalue weighted by Crippen LogP contribution is -2.37. The zero-order valence-corrected chi connectivity index (χ0v) is 13.0. The lowest BCUT2D eigenvalue weighted by Gasteiger charge is -2.15. The molecule has 3 rings (SSSR count). The molecule has 1 atom stereocenters. The van der Waals surface area contributed by atoms with Crippen molar-refractivity contribution in [2.24, 2.45) is 0 Å². The molecule has 1 aliphatic rings. The Morgan fingerprint density at radius 2 is 2.22 bits per heavy atom. The predicted octanol–water partition coefficient (Wildman–Crippen LogP) is 0.535. The summed E-state index contributed by atoms with van der Waals surface area (Å²) in [6, 6.07) is 10.5. The molecule has 0 aliphatic carbocycles. The Morgan fingerprint density at radius 3 is 2.96 bits per heavy atom. The van der Waals surface area contributed by atoms with Crippen LogP contribution in [0.5, 0.6) is 0 Å². The Kier molecular flexibility index (Phi) is 4.87. The molecule has 1 unspecified atom stereocenters. The van der Waals surface area contributed by atoms with Crippen LogP contribution in [0.2, 0.25) is 0 Å². The molecular weight excluding hydrogens is 292 g/mol. The van der Waals surface area contributed by atoms with Crippen LogP contribution in [0.25, 0.3) is 0 Å². The van der Waals surface area contributed by atoms with Crippen LogP contribution in [0.3, 0.4) is 0 Å². The fourth-order valence-electron chi connectivity index (χ4n) is 2.97. The van der Waals surface area contributed by atoms with E-state index in [0.29, 0.717) is 31.3 Å².